The van der Waals surface area contributed by atoms with Crippen LogP contribution in [0.4, 0.5) is 11.6 Å². The standard InChI is InChI=1S/C20H20N6O4/c1-11-17(19(28)22-13-6-4-5-7-15(13)29-2)18(26-20(21-11)23-24-25-26)12-8-9-14(27)16(10-12)30-3/h4-10,18,27H,1-3H3,(H,22,28)(H,21,23,25)/t18-/m1/s1. The molecule has 4 rings (SSSR count). The number of allylic oxidation sites excluding steroid dienone is 1. The number of aromatic nitrogens is 4. The molecular formula is C20H20N6O4. The molecule has 1 aromatic heterocycles. The van der Waals surface area contributed by atoms with E-state index in [2.05, 4.69) is 26.2 Å². The Kier molecular flexibility index (Phi) is 4.97. The number of fused-ring (bicyclic) bond motifs is 1. The minimum Gasteiger partial charge on any atom is -0.504 e. The zero-order valence-electron chi connectivity index (χ0n) is 16.6. The fourth-order valence-electron chi connectivity index (χ4n) is 3.42. The van der Waals surface area contributed by atoms with Crippen molar-refractivity contribution in [1.29, 1.82) is 0 Å². The minimum absolute atomic E-state index is 0.00662. The van der Waals surface area contributed by atoms with Crippen molar-refractivity contribution in [3.8, 4) is 17.2 Å². The molecule has 0 saturated heterocycles. The number of methoxy groups -OCH3 is 2. The number of tetrazole rings is 1. The number of benzene rings is 2. The van der Waals surface area contributed by atoms with Crippen LogP contribution >= 0.6 is 0 Å². The molecule has 1 amide bonds. The van der Waals surface area contributed by atoms with Crippen LogP contribution in [0.1, 0.15) is 18.5 Å². The molecule has 0 radical (unpaired) electrons. The van der Waals surface area contributed by atoms with Crippen LogP contribution in [0.15, 0.2) is 53.7 Å². The molecule has 30 heavy (non-hydrogen) atoms. The lowest BCUT2D eigenvalue weighted by Crippen LogP contribution is -2.31. The van der Waals surface area contributed by atoms with Gasteiger partial charge in [-0.3, -0.25) is 4.79 Å². The summed E-state index contributed by atoms with van der Waals surface area (Å²) in [7, 11) is 3.00. The predicted molar refractivity (Wildman–Crippen MR) is 109 cm³/mol. The SMILES string of the molecule is COc1cc([C@@H]2C(C(=O)Nc3ccccc3OC)=C(C)Nc3nnnn32)ccc1O. The lowest BCUT2D eigenvalue weighted by Gasteiger charge is -2.28. The molecule has 0 aliphatic carbocycles. The first-order valence-electron chi connectivity index (χ1n) is 9.10. The molecule has 1 aliphatic rings. The van der Waals surface area contributed by atoms with Gasteiger partial charge < -0.3 is 25.2 Å². The second-order valence-corrected chi connectivity index (χ2v) is 6.60. The second-order valence-electron chi connectivity index (χ2n) is 6.60. The van der Waals surface area contributed by atoms with Gasteiger partial charge in [-0.1, -0.05) is 23.3 Å². The van der Waals surface area contributed by atoms with E-state index >= 15 is 0 Å². The number of carbonyl (C=O) groups is 1. The number of rotatable bonds is 5. The molecule has 1 atom stereocenters. The average molecular weight is 408 g/mol. The highest BCUT2D eigenvalue weighted by molar-refractivity contribution is 6.06. The van der Waals surface area contributed by atoms with E-state index in [9.17, 15) is 9.90 Å². The maximum absolute atomic E-state index is 13.4. The van der Waals surface area contributed by atoms with E-state index in [0.29, 0.717) is 34.2 Å². The van der Waals surface area contributed by atoms with Gasteiger partial charge in [-0.15, -0.1) is 0 Å². The van der Waals surface area contributed by atoms with Gasteiger partial charge in [0.2, 0.25) is 5.95 Å². The Labute approximate surface area is 172 Å². The molecule has 10 nitrogen and oxygen atoms in total. The van der Waals surface area contributed by atoms with Crippen LogP contribution in [0.5, 0.6) is 17.2 Å². The topological polar surface area (TPSA) is 123 Å². The molecule has 0 unspecified atom stereocenters. The van der Waals surface area contributed by atoms with Crippen LogP contribution in [-0.2, 0) is 4.79 Å². The number of phenolic OH excluding ortho intramolecular Hbond substituents is 1. The van der Waals surface area contributed by atoms with Crippen LogP contribution < -0.4 is 20.1 Å². The fourth-order valence-corrected chi connectivity index (χ4v) is 3.42. The van der Waals surface area contributed by atoms with E-state index in [1.54, 1.807) is 37.3 Å². The van der Waals surface area contributed by atoms with Crippen LogP contribution in [0.25, 0.3) is 0 Å². The second kappa shape index (κ2) is 7.74. The van der Waals surface area contributed by atoms with E-state index < -0.39 is 6.04 Å². The number of aromatic hydroxyl groups is 1. The Morgan fingerprint density at radius 1 is 1.17 bits per heavy atom. The molecule has 0 fully saturated rings. The van der Waals surface area contributed by atoms with Crippen molar-refractivity contribution in [3.05, 3.63) is 59.3 Å². The monoisotopic (exact) mass is 408 g/mol. The van der Waals surface area contributed by atoms with Crippen molar-refractivity contribution in [1.82, 2.24) is 20.2 Å². The largest absolute Gasteiger partial charge is 0.504 e. The molecular weight excluding hydrogens is 388 g/mol. The molecule has 2 heterocycles. The summed E-state index contributed by atoms with van der Waals surface area (Å²) in [6.45, 7) is 1.78. The lowest BCUT2D eigenvalue weighted by molar-refractivity contribution is -0.113. The quantitative estimate of drug-likeness (QED) is 0.588. The highest BCUT2D eigenvalue weighted by Crippen LogP contribution is 2.38. The molecule has 1 aliphatic heterocycles. The van der Waals surface area contributed by atoms with E-state index in [1.165, 1.54) is 25.0 Å². The number of para-hydroxylation sites is 2. The highest BCUT2D eigenvalue weighted by atomic mass is 16.5. The van der Waals surface area contributed by atoms with E-state index in [4.69, 9.17) is 9.47 Å². The van der Waals surface area contributed by atoms with E-state index in [-0.39, 0.29) is 17.4 Å². The van der Waals surface area contributed by atoms with Crippen molar-refractivity contribution in [3.63, 3.8) is 0 Å². The van der Waals surface area contributed by atoms with Gasteiger partial charge in [-0.05, 0) is 47.2 Å². The molecule has 2 aromatic carbocycles. The zero-order chi connectivity index (χ0) is 21.3. The first-order valence-corrected chi connectivity index (χ1v) is 9.10. The third kappa shape index (κ3) is 3.28. The fraction of sp³-hybridized carbons (Fsp3) is 0.200. The average Bonchev–Trinajstić information content (AvgIpc) is 3.21. The summed E-state index contributed by atoms with van der Waals surface area (Å²) in [5.74, 6) is 0.871. The molecule has 154 valence electrons. The Morgan fingerprint density at radius 2 is 1.93 bits per heavy atom. The van der Waals surface area contributed by atoms with Gasteiger partial charge in [-0.2, -0.15) is 4.68 Å². The predicted octanol–water partition coefficient (Wildman–Crippen LogP) is 2.32. The maximum Gasteiger partial charge on any atom is 0.255 e. The number of carbonyl (C=O) groups excluding carboxylic acids is 1. The lowest BCUT2D eigenvalue weighted by atomic mass is 9.94. The molecule has 0 bridgehead atoms. The number of phenols is 1. The zero-order valence-corrected chi connectivity index (χ0v) is 16.6. The Morgan fingerprint density at radius 3 is 2.70 bits per heavy atom. The van der Waals surface area contributed by atoms with Gasteiger partial charge in [0.15, 0.2) is 11.5 Å². The van der Waals surface area contributed by atoms with E-state index in [1.807, 2.05) is 6.07 Å². The molecule has 10 heteroatoms. The number of nitrogens with zero attached hydrogens (tertiary/aromatic N) is 4. The summed E-state index contributed by atoms with van der Waals surface area (Å²) >= 11 is 0. The van der Waals surface area contributed by atoms with E-state index in [0.717, 1.165) is 0 Å². The van der Waals surface area contributed by atoms with Gasteiger partial charge >= 0.3 is 0 Å². The maximum atomic E-state index is 13.4. The van der Waals surface area contributed by atoms with Crippen LogP contribution in [-0.4, -0.2) is 45.4 Å². The molecule has 3 aromatic rings. The minimum atomic E-state index is -0.638. The third-order valence-corrected chi connectivity index (χ3v) is 4.83. The van der Waals surface area contributed by atoms with Crippen molar-refractivity contribution in [2.24, 2.45) is 0 Å². The molecule has 0 saturated carbocycles. The van der Waals surface area contributed by atoms with Crippen molar-refractivity contribution < 1.29 is 19.4 Å². The van der Waals surface area contributed by atoms with Crippen molar-refractivity contribution >= 4 is 17.5 Å². The van der Waals surface area contributed by atoms with Gasteiger partial charge in [0.25, 0.3) is 5.91 Å². The summed E-state index contributed by atoms with van der Waals surface area (Å²) in [6.07, 6.45) is 0. The Balaban J connectivity index is 1.79. The first kappa shape index (κ1) is 19.2. The van der Waals surface area contributed by atoms with Crippen molar-refractivity contribution in [2.45, 2.75) is 13.0 Å². The number of hydrogen-bond acceptors (Lipinski definition) is 8. The summed E-state index contributed by atoms with van der Waals surface area (Å²) in [5, 5.41) is 27.7. The van der Waals surface area contributed by atoms with Crippen molar-refractivity contribution in [2.75, 3.05) is 24.9 Å². The smallest absolute Gasteiger partial charge is 0.255 e. The number of hydrogen-bond donors (Lipinski definition) is 3. The van der Waals surface area contributed by atoms with Gasteiger partial charge in [0.1, 0.15) is 11.8 Å². The van der Waals surface area contributed by atoms with Crippen LogP contribution in [0.2, 0.25) is 0 Å². The normalized spacial score (nSPS) is 15.2. The summed E-state index contributed by atoms with van der Waals surface area (Å²) in [5.41, 5.74) is 2.22. The summed E-state index contributed by atoms with van der Waals surface area (Å²) < 4.78 is 12.1. The number of ether oxygens (including phenoxy) is 2. The number of amides is 1. The first-order chi connectivity index (χ1) is 14.5. The number of nitrogens with one attached hydrogen (secondary N) is 2. The van der Waals surface area contributed by atoms with Crippen LogP contribution in [0.3, 0.4) is 0 Å². The highest BCUT2D eigenvalue weighted by Gasteiger charge is 2.34. The molecule has 0 spiro atoms. The number of anilines is 2. The third-order valence-electron chi connectivity index (χ3n) is 4.83. The Hall–Kier alpha value is -4.08. The van der Waals surface area contributed by atoms with Gasteiger partial charge in [0.05, 0.1) is 25.5 Å². The Bertz CT molecular complexity index is 1140. The van der Waals surface area contributed by atoms with Gasteiger partial charge in [0, 0.05) is 5.70 Å². The van der Waals surface area contributed by atoms with Gasteiger partial charge in [-0.25, -0.2) is 0 Å². The summed E-state index contributed by atoms with van der Waals surface area (Å²) in [4.78, 5) is 13.4. The summed E-state index contributed by atoms with van der Waals surface area (Å²) in [6, 6.07) is 11.4. The van der Waals surface area contributed by atoms with Crippen LogP contribution in [0, 0.1) is 0 Å². The molecule has 3 N–H and O–H groups in total.